The molecule has 132 valence electrons. The molecule has 0 fully saturated rings. The number of para-hydroxylation sites is 1. The Morgan fingerprint density at radius 3 is 2.68 bits per heavy atom. The second kappa shape index (κ2) is 8.33. The summed E-state index contributed by atoms with van der Waals surface area (Å²) in [5, 5.41) is 6.57. The highest BCUT2D eigenvalue weighted by molar-refractivity contribution is 7.92. The van der Waals surface area contributed by atoms with Gasteiger partial charge < -0.3 is 10.6 Å². The maximum atomic E-state index is 12.7. The van der Waals surface area contributed by atoms with Crippen LogP contribution in [0.4, 0.5) is 11.4 Å². The van der Waals surface area contributed by atoms with Crippen LogP contribution in [0.2, 0.25) is 5.02 Å². The summed E-state index contributed by atoms with van der Waals surface area (Å²) in [6, 6.07) is 11.6. The average molecular weight is 396 g/mol. The van der Waals surface area contributed by atoms with Crippen LogP contribution in [0.25, 0.3) is 0 Å². The lowest BCUT2D eigenvalue weighted by Gasteiger charge is -2.14. The second-order valence-electron chi connectivity index (χ2n) is 5.19. The molecule has 0 amide bonds. The molecule has 0 unspecified atom stereocenters. The van der Waals surface area contributed by atoms with Crippen LogP contribution in [-0.4, -0.2) is 20.1 Å². The van der Waals surface area contributed by atoms with Crippen molar-refractivity contribution >= 4 is 50.3 Å². The number of aryl methyl sites for hydroxylation is 1. The molecule has 25 heavy (non-hydrogen) atoms. The SMILES string of the molecule is C=CCNC(=S)Nc1ccc(C)c(S(=O)(=O)Nc2ccccc2Cl)c1. The first-order chi connectivity index (χ1) is 11.8. The third kappa shape index (κ3) is 5.19. The third-order valence-corrected chi connectivity index (χ3v) is 5.34. The maximum absolute atomic E-state index is 12.7. The molecule has 8 heteroatoms. The molecule has 0 heterocycles. The van der Waals surface area contributed by atoms with Gasteiger partial charge >= 0.3 is 0 Å². The summed E-state index contributed by atoms with van der Waals surface area (Å²) in [4.78, 5) is 0.143. The van der Waals surface area contributed by atoms with Crippen molar-refractivity contribution in [2.45, 2.75) is 11.8 Å². The van der Waals surface area contributed by atoms with Crippen molar-refractivity contribution in [2.75, 3.05) is 16.6 Å². The Labute approximate surface area is 158 Å². The number of nitrogens with one attached hydrogen (secondary N) is 3. The zero-order valence-corrected chi connectivity index (χ0v) is 15.9. The van der Waals surface area contributed by atoms with E-state index in [2.05, 4.69) is 21.9 Å². The van der Waals surface area contributed by atoms with E-state index in [1.165, 1.54) is 6.07 Å². The van der Waals surface area contributed by atoms with E-state index in [4.69, 9.17) is 23.8 Å². The van der Waals surface area contributed by atoms with Gasteiger partial charge in [-0.25, -0.2) is 8.42 Å². The zero-order valence-electron chi connectivity index (χ0n) is 13.5. The van der Waals surface area contributed by atoms with Gasteiger partial charge in [-0.2, -0.15) is 0 Å². The van der Waals surface area contributed by atoms with Crippen LogP contribution in [0.1, 0.15) is 5.56 Å². The molecule has 0 radical (unpaired) electrons. The van der Waals surface area contributed by atoms with Crippen LogP contribution >= 0.6 is 23.8 Å². The number of sulfonamides is 1. The molecule has 0 saturated carbocycles. The van der Waals surface area contributed by atoms with Crippen molar-refractivity contribution in [3.63, 3.8) is 0 Å². The lowest BCUT2D eigenvalue weighted by molar-refractivity contribution is 0.600. The van der Waals surface area contributed by atoms with Gasteiger partial charge in [0.25, 0.3) is 10.0 Å². The first-order valence-electron chi connectivity index (χ1n) is 7.37. The number of hydrogen-bond acceptors (Lipinski definition) is 3. The Kier molecular flexibility index (Phi) is 6.41. The Morgan fingerprint density at radius 2 is 2.00 bits per heavy atom. The fourth-order valence-electron chi connectivity index (χ4n) is 2.05. The van der Waals surface area contributed by atoms with Crippen LogP contribution in [0.5, 0.6) is 0 Å². The molecular formula is C17H18ClN3O2S2. The Bertz CT molecular complexity index is 899. The minimum Gasteiger partial charge on any atom is -0.359 e. The molecule has 0 bridgehead atoms. The highest BCUT2D eigenvalue weighted by atomic mass is 35.5. The molecule has 0 aromatic heterocycles. The monoisotopic (exact) mass is 395 g/mol. The van der Waals surface area contributed by atoms with E-state index in [0.29, 0.717) is 33.6 Å². The standard InChI is InChI=1S/C17H18ClN3O2S2/c1-3-10-19-17(24)20-13-9-8-12(2)16(11-13)25(22,23)21-15-7-5-4-6-14(15)18/h3-9,11,21H,1,10H2,2H3,(H2,19,20,24). The first kappa shape index (κ1) is 19.2. The van der Waals surface area contributed by atoms with Crippen molar-refractivity contribution in [1.29, 1.82) is 0 Å². The van der Waals surface area contributed by atoms with Gasteiger partial charge in [0, 0.05) is 12.2 Å². The second-order valence-corrected chi connectivity index (χ2v) is 7.66. The van der Waals surface area contributed by atoms with Gasteiger partial charge in [0.15, 0.2) is 5.11 Å². The van der Waals surface area contributed by atoms with Crippen molar-refractivity contribution in [3.8, 4) is 0 Å². The van der Waals surface area contributed by atoms with Crippen molar-refractivity contribution in [1.82, 2.24) is 5.32 Å². The van der Waals surface area contributed by atoms with Gasteiger partial charge in [0.1, 0.15) is 0 Å². The van der Waals surface area contributed by atoms with Gasteiger partial charge in [-0.3, -0.25) is 4.72 Å². The van der Waals surface area contributed by atoms with Crippen LogP contribution in [0.3, 0.4) is 0 Å². The smallest absolute Gasteiger partial charge is 0.262 e. The first-order valence-corrected chi connectivity index (χ1v) is 9.64. The van der Waals surface area contributed by atoms with E-state index in [0.717, 1.165) is 0 Å². The largest absolute Gasteiger partial charge is 0.359 e. The summed E-state index contributed by atoms with van der Waals surface area (Å²) in [5.74, 6) is 0. The zero-order chi connectivity index (χ0) is 18.4. The highest BCUT2D eigenvalue weighted by Crippen LogP contribution is 2.26. The van der Waals surface area contributed by atoms with E-state index in [9.17, 15) is 8.42 Å². The Morgan fingerprint density at radius 1 is 1.28 bits per heavy atom. The van der Waals surface area contributed by atoms with Crippen LogP contribution < -0.4 is 15.4 Å². The molecule has 0 spiro atoms. The van der Waals surface area contributed by atoms with E-state index in [1.54, 1.807) is 49.4 Å². The summed E-state index contributed by atoms with van der Waals surface area (Å²) >= 11 is 11.2. The minimum atomic E-state index is -3.80. The summed E-state index contributed by atoms with van der Waals surface area (Å²) in [5.41, 5.74) is 1.49. The lowest BCUT2D eigenvalue weighted by Crippen LogP contribution is -2.28. The molecule has 0 aliphatic carbocycles. The third-order valence-electron chi connectivity index (χ3n) is 3.26. The van der Waals surface area contributed by atoms with Crippen LogP contribution in [0, 0.1) is 6.92 Å². The highest BCUT2D eigenvalue weighted by Gasteiger charge is 2.19. The average Bonchev–Trinajstić information content (AvgIpc) is 2.56. The van der Waals surface area contributed by atoms with E-state index in [-0.39, 0.29) is 4.90 Å². The molecule has 3 N–H and O–H groups in total. The van der Waals surface area contributed by atoms with Gasteiger partial charge in [0.05, 0.1) is 15.6 Å². The van der Waals surface area contributed by atoms with Crippen molar-refractivity contribution in [2.24, 2.45) is 0 Å². The van der Waals surface area contributed by atoms with E-state index < -0.39 is 10.0 Å². The number of benzene rings is 2. The van der Waals surface area contributed by atoms with Crippen LogP contribution in [-0.2, 0) is 10.0 Å². The molecular weight excluding hydrogens is 378 g/mol. The number of anilines is 2. The summed E-state index contributed by atoms with van der Waals surface area (Å²) in [7, 11) is -3.80. The molecule has 0 atom stereocenters. The number of rotatable bonds is 6. The van der Waals surface area contributed by atoms with Crippen LogP contribution in [0.15, 0.2) is 60.0 Å². The molecule has 0 aliphatic heterocycles. The predicted molar refractivity (Wildman–Crippen MR) is 108 cm³/mol. The lowest BCUT2D eigenvalue weighted by atomic mass is 10.2. The Hall–Kier alpha value is -2.09. The minimum absolute atomic E-state index is 0.143. The molecule has 5 nitrogen and oxygen atoms in total. The summed E-state index contributed by atoms with van der Waals surface area (Å²) < 4.78 is 28.0. The van der Waals surface area contributed by atoms with Gasteiger partial charge in [-0.05, 0) is 49.0 Å². The maximum Gasteiger partial charge on any atom is 0.262 e. The number of hydrogen-bond donors (Lipinski definition) is 3. The van der Waals surface area contributed by atoms with Gasteiger partial charge in [-0.15, -0.1) is 6.58 Å². The molecule has 0 saturated heterocycles. The fourth-order valence-corrected chi connectivity index (χ4v) is 3.84. The van der Waals surface area contributed by atoms with Gasteiger partial charge in [0.2, 0.25) is 0 Å². The van der Waals surface area contributed by atoms with Crippen molar-refractivity contribution in [3.05, 3.63) is 65.7 Å². The molecule has 0 aliphatic rings. The summed E-state index contributed by atoms with van der Waals surface area (Å²) in [6.07, 6.45) is 1.67. The number of thiocarbonyl (C=S) groups is 1. The van der Waals surface area contributed by atoms with E-state index in [1.807, 2.05) is 0 Å². The summed E-state index contributed by atoms with van der Waals surface area (Å²) in [6.45, 7) is 5.83. The predicted octanol–water partition coefficient (Wildman–Crippen LogP) is 3.92. The number of halogens is 1. The van der Waals surface area contributed by atoms with Crippen molar-refractivity contribution < 1.29 is 8.42 Å². The normalized spacial score (nSPS) is 10.8. The molecule has 2 aromatic rings. The molecule has 2 rings (SSSR count). The Balaban J connectivity index is 2.28. The molecule has 2 aromatic carbocycles. The topological polar surface area (TPSA) is 70.2 Å². The van der Waals surface area contributed by atoms with E-state index >= 15 is 0 Å². The fraction of sp³-hybridized carbons (Fsp3) is 0.118. The quantitative estimate of drug-likeness (QED) is 0.510. The van der Waals surface area contributed by atoms with Gasteiger partial charge in [-0.1, -0.05) is 35.9 Å².